The van der Waals surface area contributed by atoms with Crippen molar-refractivity contribution < 1.29 is 9.84 Å². The minimum absolute atomic E-state index is 0. The van der Waals surface area contributed by atoms with Gasteiger partial charge in [0.05, 0.1) is 18.2 Å². The van der Waals surface area contributed by atoms with Crippen LogP contribution in [0.15, 0.2) is 23.2 Å². The second-order valence-electron chi connectivity index (χ2n) is 4.96. The van der Waals surface area contributed by atoms with Crippen LogP contribution in [-0.4, -0.2) is 30.8 Å². The molecule has 2 atom stereocenters. The molecule has 21 heavy (non-hydrogen) atoms. The van der Waals surface area contributed by atoms with Gasteiger partial charge in [0.2, 0.25) is 0 Å². The van der Waals surface area contributed by atoms with Crippen LogP contribution in [0, 0.1) is 5.92 Å². The van der Waals surface area contributed by atoms with E-state index in [9.17, 15) is 5.11 Å². The monoisotopic (exact) mass is 425 g/mol. The van der Waals surface area contributed by atoms with Gasteiger partial charge < -0.3 is 20.9 Å². The van der Waals surface area contributed by atoms with Crippen LogP contribution in [0.4, 0.5) is 5.69 Å². The maximum absolute atomic E-state index is 9.72. The van der Waals surface area contributed by atoms with E-state index < -0.39 is 0 Å². The van der Waals surface area contributed by atoms with Crippen LogP contribution < -0.4 is 15.8 Å². The summed E-state index contributed by atoms with van der Waals surface area (Å²) >= 11 is 6.03. The first kappa shape index (κ1) is 18.3. The van der Waals surface area contributed by atoms with E-state index in [0.29, 0.717) is 23.3 Å². The molecule has 0 aromatic heterocycles. The summed E-state index contributed by atoms with van der Waals surface area (Å²) in [4.78, 5) is 4.27. The first-order valence-corrected chi connectivity index (χ1v) is 7.06. The zero-order valence-corrected chi connectivity index (χ0v) is 15.0. The Morgan fingerprint density at radius 2 is 2.29 bits per heavy atom. The summed E-state index contributed by atoms with van der Waals surface area (Å²) < 4.78 is 5.08. The van der Waals surface area contributed by atoms with Crippen molar-refractivity contribution in [3.63, 3.8) is 0 Å². The molecule has 7 heteroatoms. The number of aliphatic hydroxyl groups is 1. The van der Waals surface area contributed by atoms with Gasteiger partial charge in [0.25, 0.3) is 0 Å². The standard InChI is InChI=1S/C14H20ClN3O2.HI/c1-20-13-6-5-10(7-11(13)15)18-14(16)17-8-9-3-2-4-12(9)19;/h5-7,9,12,19H,2-4,8H2,1H3,(H3,16,17,18);1H. The molecule has 0 saturated heterocycles. The van der Waals surface area contributed by atoms with Crippen molar-refractivity contribution in [3.8, 4) is 5.75 Å². The molecule has 1 aliphatic carbocycles. The third-order valence-electron chi connectivity index (χ3n) is 3.54. The summed E-state index contributed by atoms with van der Waals surface area (Å²) in [6.07, 6.45) is 2.68. The molecule has 1 fully saturated rings. The molecular weight excluding hydrogens is 405 g/mol. The summed E-state index contributed by atoms with van der Waals surface area (Å²) in [5.41, 5.74) is 6.59. The number of aliphatic imine (C=N–C) groups is 1. The number of rotatable bonds is 4. The van der Waals surface area contributed by atoms with Crippen molar-refractivity contribution in [3.05, 3.63) is 23.2 Å². The predicted molar refractivity (Wildman–Crippen MR) is 96.9 cm³/mol. The number of benzene rings is 1. The Hall–Kier alpha value is -0.730. The second kappa shape index (κ2) is 8.65. The van der Waals surface area contributed by atoms with Crippen LogP contribution in [0.25, 0.3) is 0 Å². The van der Waals surface area contributed by atoms with Gasteiger partial charge >= 0.3 is 0 Å². The number of nitrogens with two attached hydrogens (primary N) is 1. The van der Waals surface area contributed by atoms with Gasteiger partial charge in [-0.05, 0) is 31.0 Å². The lowest BCUT2D eigenvalue weighted by molar-refractivity contribution is 0.137. The van der Waals surface area contributed by atoms with Gasteiger partial charge in [0.1, 0.15) is 5.75 Å². The number of guanidine groups is 1. The highest BCUT2D eigenvalue weighted by Crippen LogP contribution is 2.27. The summed E-state index contributed by atoms with van der Waals surface area (Å²) in [5.74, 6) is 1.15. The molecule has 0 amide bonds. The third-order valence-corrected chi connectivity index (χ3v) is 3.83. The lowest BCUT2D eigenvalue weighted by atomic mass is 10.1. The molecule has 5 nitrogen and oxygen atoms in total. The van der Waals surface area contributed by atoms with E-state index in [0.717, 1.165) is 24.9 Å². The Balaban J connectivity index is 0.00000220. The molecule has 0 spiro atoms. The van der Waals surface area contributed by atoms with E-state index in [4.69, 9.17) is 22.1 Å². The topological polar surface area (TPSA) is 79.9 Å². The van der Waals surface area contributed by atoms with Crippen LogP contribution >= 0.6 is 35.6 Å². The zero-order chi connectivity index (χ0) is 14.5. The fourth-order valence-corrected chi connectivity index (χ4v) is 2.64. The van der Waals surface area contributed by atoms with Crippen molar-refractivity contribution in [2.75, 3.05) is 19.0 Å². The maximum atomic E-state index is 9.72. The summed E-state index contributed by atoms with van der Waals surface area (Å²) in [5, 5.41) is 13.2. The number of hydrogen-bond acceptors (Lipinski definition) is 3. The third kappa shape index (κ3) is 5.19. The van der Waals surface area contributed by atoms with Gasteiger partial charge in [-0.1, -0.05) is 18.0 Å². The lowest BCUT2D eigenvalue weighted by Crippen LogP contribution is -2.25. The Kier molecular flexibility index (Phi) is 7.55. The molecule has 1 saturated carbocycles. The molecular formula is C14H21ClIN3O2. The summed E-state index contributed by atoms with van der Waals surface area (Å²) in [7, 11) is 1.57. The molecule has 118 valence electrons. The number of halogens is 2. The summed E-state index contributed by atoms with van der Waals surface area (Å²) in [6.45, 7) is 0.546. The molecule has 0 aliphatic heterocycles. The van der Waals surface area contributed by atoms with Gasteiger partial charge in [-0.15, -0.1) is 24.0 Å². The Morgan fingerprint density at radius 1 is 1.52 bits per heavy atom. The molecule has 0 heterocycles. The van der Waals surface area contributed by atoms with E-state index in [1.54, 1.807) is 19.2 Å². The molecule has 0 bridgehead atoms. The smallest absolute Gasteiger partial charge is 0.193 e. The Bertz CT molecular complexity index is 499. The summed E-state index contributed by atoms with van der Waals surface area (Å²) in [6, 6.07) is 5.31. The van der Waals surface area contributed by atoms with E-state index in [1.165, 1.54) is 0 Å². The predicted octanol–water partition coefficient (Wildman–Crippen LogP) is 2.85. The number of hydrogen-bond donors (Lipinski definition) is 3. The number of ether oxygens (including phenoxy) is 1. The second-order valence-corrected chi connectivity index (χ2v) is 5.37. The van der Waals surface area contributed by atoms with Crippen LogP contribution in [0.3, 0.4) is 0 Å². The van der Waals surface area contributed by atoms with Gasteiger partial charge in [0.15, 0.2) is 5.96 Å². The van der Waals surface area contributed by atoms with Crippen molar-refractivity contribution in [2.45, 2.75) is 25.4 Å². The largest absolute Gasteiger partial charge is 0.495 e. The molecule has 2 rings (SSSR count). The number of nitrogens with zero attached hydrogens (tertiary/aromatic N) is 1. The average Bonchev–Trinajstić information content (AvgIpc) is 2.82. The maximum Gasteiger partial charge on any atom is 0.193 e. The quantitative estimate of drug-likeness (QED) is 0.394. The average molecular weight is 426 g/mol. The molecule has 1 aromatic rings. The highest BCUT2D eigenvalue weighted by molar-refractivity contribution is 14.0. The highest BCUT2D eigenvalue weighted by Gasteiger charge is 2.24. The minimum atomic E-state index is -0.248. The van der Waals surface area contributed by atoms with Gasteiger partial charge in [-0.2, -0.15) is 0 Å². The molecule has 4 N–H and O–H groups in total. The highest BCUT2D eigenvalue weighted by atomic mass is 127. The SMILES string of the molecule is COc1ccc(NC(N)=NCC2CCCC2O)cc1Cl.I. The first-order valence-electron chi connectivity index (χ1n) is 6.68. The zero-order valence-electron chi connectivity index (χ0n) is 11.9. The van der Waals surface area contributed by atoms with E-state index in [1.807, 2.05) is 6.07 Å². The van der Waals surface area contributed by atoms with Crippen LogP contribution in [-0.2, 0) is 0 Å². The van der Waals surface area contributed by atoms with Gasteiger partial charge in [0, 0.05) is 18.2 Å². The molecule has 1 aromatic carbocycles. The Labute approximate surface area is 146 Å². The van der Waals surface area contributed by atoms with Gasteiger partial charge in [-0.25, -0.2) is 0 Å². The Morgan fingerprint density at radius 3 is 2.86 bits per heavy atom. The molecule has 2 unspecified atom stereocenters. The van der Waals surface area contributed by atoms with Crippen molar-refractivity contribution in [1.82, 2.24) is 0 Å². The van der Waals surface area contributed by atoms with E-state index >= 15 is 0 Å². The minimum Gasteiger partial charge on any atom is -0.495 e. The van der Waals surface area contributed by atoms with Crippen molar-refractivity contribution in [1.29, 1.82) is 0 Å². The number of anilines is 1. The van der Waals surface area contributed by atoms with Crippen LogP contribution in [0.5, 0.6) is 5.75 Å². The lowest BCUT2D eigenvalue weighted by Gasteiger charge is -2.12. The van der Waals surface area contributed by atoms with Crippen molar-refractivity contribution >= 4 is 47.2 Å². The van der Waals surface area contributed by atoms with Crippen LogP contribution in [0.1, 0.15) is 19.3 Å². The fraction of sp³-hybridized carbons (Fsp3) is 0.500. The van der Waals surface area contributed by atoms with Gasteiger partial charge in [-0.3, -0.25) is 4.99 Å². The number of aliphatic hydroxyl groups excluding tert-OH is 1. The molecule has 1 aliphatic rings. The normalized spacial score (nSPS) is 21.8. The van der Waals surface area contributed by atoms with Crippen molar-refractivity contribution in [2.24, 2.45) is 16.6 Å². The van der Waals surface area contributed by atoms with E-state index in [-0.39, 0.29) is 36.0 Å². The van der Waals surface area contributed by atoms with Crippen LogP contribution in [0.2, 0.25) is 5.02 Å². The number of methoxy groups -OCH3 is 1. The molecule has 0 radical (unpaired) electrons. The fourth-order valence-electron chi connectivity index (χ4n) is 2.38. The first-order chi connectivity index (χ1) is 9.60. The van der Waals surface area contributed by atoms with E-state index in [2.05, 4.69) is 10.3 Å². The number of nitrogens with one attached hydrogen (secondary N) is 1.